The van der Waals surface area contributed by atoms with Crippen molar-refractivity contribution >= 4 is 22.7 Å². The monoisotopic (exact) mass is 276 g/mol. The minimum atomic E-state index is 0.742. The van der Waals surface area contributed by atoms with Gasteiger partial charge in [0.2, 0.25) is 0 Å². The Morgan fingerprint density at radius 3 is 1.83 bits per heavy atom. The van der Waals surface area contributed by atoms with Gasteiger partial charge in [0.05, 0.1) is 0 Å². The molecule has 3 aromatic rings. The summed E-state index contributed by atoms with van der Waals surface area (Å²) in [5.74, 6) is 7.66. The van der Waals surface area contributed by atoms with Crippen LogP contribution in [0.3, 0.4) is 0 Å². The molecular weight excluding hydrogens is 264 g/mol. The van der Waals surface area contributed by atoms with Gasteiger partial charge in [-0.3, -0.25) is 0 Å². The van der Waals surface area contributed by atoms with E-state index in [0.717, 1.165) is 24.5 Å². The van der Waals surface area contributed by atoms with Crippen molar-refractivity contribution in [2.75, 3.05) is 5.84 Å². The Hall–Kier alpha value is -1.66. The molecule has 18 heavy (non-hydrogen) atoms. The highest BCUT2D eigenvalue weighted by Crippen LogP contribution is 2.16. The zero-order valence-corrected chi connectivity index (χ0v) is 11.2. The number of hydrogen-bond acceptors (Lipinski definition) is 5. The van der Waals surface area contributed by atoms with Crippen LogP contribution < -0.4 is 5.84 Å². The highest BCUT2D eigenvalue weighted by Gasteiger charge is 2.11. The van der Waals surface area contributed by atoms with Gasteiger partial charge in [-0.25, -0.2) is 4.68 Å². The first kappa shape index (κ1) is 11.4. The molecular formula is C12H12N4S2. The summed E-state index contributed by atoms with van der Waals surface area (Å²) in [6, 6.07) is 8.23. The molecule has 0 bridgehead atoms. The molecule has 2 N–H and O–H groups in total. The molecule has 0 radical (unpaired) electrons. The predicted molar refractivity (Wildman–Crippen MR) is 74.4 cm³/mol. The number of nitrogens with two attached hydrogens (primary N) is 1. The van der Waals surface area contributed by atoms with Gasteiger partial charge >= 0.3 is 0 Å². The second-order valence-corrected chi connectivity index (χ2v) is 5.98. The first-order chi connectivity index (χ1) is 8.83. The van der Waals surface area contributed by atoms with Gasteiger partial charge in [-0.1, -0.05) is 12.1 Å². The molecule has 0 fully saturated rings. The van der Waals surface area contributed by atoms with Crippen LogP contribution in [0.5, 0.6) is 0 Å². The number of nitrogens with zero attached hydrogens (tertiary/aromatic N) is 3. The molecule has 0 saturated carbocycles. The molecule has 0 aliphatic rings. The van der Waals surface area contributed by atoms with E-state index in [0.29, 0.717) is 0 Å². The minimum Gasteiger partial charge on any atom is -0.336 e. The summed E-state index contributed by atoms with van der Waals surface area (Å²) < 4.78 is 1.61. The molecule has 4 nitrogen and oxygen atoms in total. The average molecular weight is 276 g/mol. The Labute approximate surface area is 113 Å². The van der Waals surface area contributed by atoms with Gasteiger partial charge in [0, 0.05) is 22.6 Å². The summed E-state index contributed by atoms with van der Waals surface area (Å²) in [6.07, 6.45) is 1.48. The van der Waals surface area contributed by atoms with Crippen LogP contribution in [0.2, 0.25) is 0 Å². The standard InChI is InChI=1S/C12H12N4S2/c13-16-11(7-9-3-1-5-17-9)14-15-12(16)8-10-4-2-6-18-10/h1-6H,7-8,13H2. The topological polar surface area (TPSA) is 56.7 Å². The fourth-order valence-electron chi connectivity index (χ4n) is 1.74. The third-order valence-corrected chi connectivity index (χ3v) is 4.41. The van der Waals surface area contributed by atoms with Gasteiger partial charge in [0.25, 0.3) is 0 Å². The molecule has 0 amide bonds. The fraction of sp³-hybridized carbons (Fsp3) is 0.167. The Morgan fingerprint density at radius 2 is 1.44 bits per heavy atom. The average Bonchev–Trinajstić information content (AvgIpc) is 3.08. The third kappa shape index (κ3) is 2.30. The Kier molecular flexibility index (Phi) is 3.12. The van der Waals surface area contributed by atoms with Crippen LogP contribution in [0.1, 0.15) is 21.4 Å². The first-order valence-corrected chi connectivity index (χ1v) is 7.32. The largest absolute Gasteiger partial charge is 0.336 e. The van der Waals surface area contributed by atoms with Crippen LogP contribution in [0.25, 0.3) is 0 Å². The molecule has 0 spiro atoms. The molecule has 92 valence electrons. The summed E-state index contributed by atoms with van der Waals surface area (Å²) in [5, 5.41) is 12.5. The number of nitrogen functional groups attached to an aromatic ring is 1. The second kappa shape index (κ2) is 4.91. The SMILES string of the molecule is Nn1c(Cc2cccs2)nnc1Cc1cccs1. The van der Waals surface area contributed by atoms with E-state index in [2.05, 4.69) is 33.1 Å². The maximum atomic E-state index is 6.04. The second-order valence-electron chi connectivity index (χ2n) is 3.91. The molecule has 0 aromatic carbocycles. The van der Waals surface area contributed by atoms with Crippen molar-refractivity contribution in [2.24, 2.45) is 0 Å². The lowest BCUT2D eigenvalue weighted by molar-refractivity contribution is 0.837. The van der Waals surface area contributed by atoms with Crippen LogP contribution in [-0.2, 0) is 12.8 Å². The number of thiophene rings is 2. The van der Waals surface area contributed by atoms with E-state index >= 15 is 0 Å². The maximum Gasteiger partial charge on any atom is 0.156 e. The minimum absolute atomic E-state index is 0.742. The quantitative estimate of drug-likeness (QED) is 0.744. The van der Waals surface area contributed by atoms with Crippen molar-refractivity contribution in [3.8, 4) is 0 Å². The van der Waals surface area contributed by atoms with Crippen LogP contribution >= 0.6 is 22.7 Å². The van der Waals surface area contributed by atoms with E-state index < -0.39 is 0 Å². The smallest absolute Gasteiger partial charge is 0.156 e. The van der Waals surface area contributed by atoms with E-state index in [9.17, 15) is 0 Å². The Balaban J connectivity index is 1.79. The molecule has 6 heteroatoms. The number of hydrogen-bond donors (Lipinski definition) is 1. The maximum absolute atomic E-state index is 6.04. The van der Waals surface area contributed by atoms with Gasteiger partial charge in [0.1, 0.15) is 0 Å². The van der Waals surface area contributed by atoms with Crippen molar-refractivity contribution in [3.63, 3.8) is 0 Å². The van der Waals surface area contributed by atoms with E-state index in [4.69, 9.17) is 5.84 Å². The van der Waals surface area contributed by atoms with Crippen LogP contribution in [0, 0.1) is 0 Å². The molecule has 0 unspecified atom stereocenters. The summed E-state index contributed by atoms with van der Waals surface area (Å²) in [5.41, 5.74) is 0. The third-order valence-electron chi connectivity index (χ3n) is 2.66. The lowest BCUT2D eigenvalue weighted by Gasteiger charge is -2.01. The zero-order chi connectivity index (χ0) is 12.4. The molecule has 0 aliphatic heterocycles. The number of rotatable bonds is 4. The van der Waals surface area contributed by atoms with Gasteiger partial charge in [-0.2, -0.15) is 0 Å². The van der Waals surface area contributed by atoms with Gasteiger partial charge in [0.15, 0.2) is 11.6 Å². The molecule has 3 rings (SSSR count). The van der Waals surface area contributed by atoms with Crippen molar-refractivity contribution < 1.29 is 0 Å². The van der Waals surface area contributed by atoms with Crippen molar-refractivity contribution in [1.82, 2.24) is 14.9 Å². The van der Waals surface area contributed by atoms with E-state index in [1.54, 1.807) is 27.3 Å². The van der Waals surface area contributed by atoms with E-state index in [1.165, 1.54) is 9.75 Å². The molecule has 3 aromatic heterocycles. The van der Waals surface area contributed by atoms with Crippen molar-refractivity contribution in [3.05, 3.63) is 56.4 Å². The highest BCUT2D eigenvalue weighted by molar-refractivity contribution is 7.10. The summed E-state index contributed by atoms with van der Waals surface area (Å²) >= 11 is 3.41. The lowest BCUT2D eigenvalue weighted by Crippen LogP contribution is -2.16. The summed E-state index contributed by atoms with van der Waals surface area (Å²) in [4.78, 5) is 2.49. The van der Waals surface area contributed by atoms with Gasteiger partial charge in [-0.05, 0) is 22.9 Å². The summed E-state index contributed by atoms with van der Waals surface area (Å²) in [6.45, 7) is 0. The number of aromatic nitrogens is 3. The van der Waals surface area contributed by atoms with Crippen molar-refractivity contribution in [2.45, 2.75) is 12.8 Å². The lowest BCUT2D eigenvalue weighted by atomic mass is 10.3. The summed E-state index contributed by atoms with van der Waals surface area (Å²) in [7, 11) is 0. The van der Waals surface area contributed by atoms with Crippen LogP contribution in [0.4, 0.5) is 0 Å². The van der Waals surface area contributed by atoms with Gasteiger partial charge < -0.3 is 5.84 Å². The van der Waals surface area contributed by atoms with Crippen molar-refractivity contribution in [1.29, 1.82) is 0 Å². The zero-order valence-electron chi connectivity index (χ0n) is 9.61. The van der Waals surface area contributed by atoms with E-state index in [1.807, 2.05) is 12.1 Å². The first-order valence-electron chi connectivity index (χ1n) is 5.56. The fourth-order valence-corrected chi connectivity index (χ4v) is 3.14. The predicted octanol–water partition coefficient (Wildman–Crippen LogP) is 2.30. The molecule has 0 saturated heterocycles. The van der Waals surface area contributed by atoms with E-state index in [-0.39, 0.29) is 0 Å². The van der Waals surface area contributed by atoms with Gasteiger partial charge in [-0.15, -0.1) is 32.9 Å². The highest BCUT2D eigenvalue weighted by atomic mass is 32.1. The Bertz CT molecular complexity index is 557. The molecule has 3 heterocycles. The van der Waals surface area contributed by atoms with Crippen LogP contribution in [0.15, 0.2) is 35.0 Å². The normalized spacial score (nSPS) is 10.9. The van der Waals surface area contributed by atoms with Crippen LogP contribution in [-0.4, -0.2) is 14.9 Å². The molecule has 0 aliphatic carbocycles. The Morgan fingerprint density at radius 1 is 0.944 bits per heavy atom. The molecule has 0 atom stereocenters.